The summed E-state index contributed by atoms with van der Waals surface area (Å²) in [6, 6.07) is 0. The van der Waals surface area contributed by atoms with Gasteiger partial charge in [0, 0.05) is 0 Å². The quantitative estimate of drug-likeness (QED) is 0.620. The van der Waals surface area contributed by atoms with Gasteiger partial charge in [0.25, 0.3) is 0 Å². The minimum Gasteiger partial charge on any atom is -0.375 e. The average Bonchev–Trinajstić information content (AvgIpc) is 2.18. The SMILES string of the molecule is CC(C)(C)CNCCC(C)(C)OCCC(C)(C)OC(C)(C)C. The molecular weight excluding hydrogens is 274 g/mol. The molecule has 3 heteroatoms. The van der Waals surface area contributed by atoms with Gasteiger partial charge in [-0.1, -0.05) is 20.8 Å². The molecule has 0 bridgehead atoms. The van der Waals surface area contributed by atoms with Crippen LogP contribution in [-0.4, -0.2) is 36.5 Å². The van der Waals surface area contributed by atoms with Crippen molar-refractivity contribution < 1.29 is 9.47 Å². The molecule has 0 aliphatic rings. The van der Waals surface area contributed by atoms with Crippen LogP contribution in [0.4, 0.5) is 0 Å². The topological polar surface area (TPSA) is 30.5 Å². The van der Waals surface area contributed by atoms with Crippen LogP contribution in [0.1, 0.15) is 82.1 Å². The zero-order valence-electron chi connectivity index (χ0n) is 16.9. The number of rotatable bonds is 9. The van der Waals surface area contributed by atoms with Gasteiger partial charge in [-0.2, -0.15) is 0 Å². The maximum atomic E-state index is 6.09. The average molecular weight is 316 g/mol. The van der Waals surface area contributed by atoms with Crippen LogP contribution in [0, 0.1) is 5.41 Å². The number of nitrogens with one attached hydrogen (secondary N) is 1. The zero-order chi connectivity index (χ0) is 17.7. The first-order valence-corrected chi connectivity index (χ1v) is 8.67. The Bertz CT molecular complexity index is 308. The lowest BCUT2D eigenvalue weighted by Gasteiger charge is -2.35. The third-order valence-corrected chi connectivity index (χ3v) is 3.34. The second-order valence-electron chi connectivity index (χ2n) is 9.82. The van der Waals surface area contributed by atoms with Crippen molar-refractivity contribution in [2.24, 2.45) is 5.41 Å². The predicted molar refractivity (Wildman–Crippen MR) is 96.5 cm³/mol. The Kier molecular flexibility index (Phi) is 8.08. The van der Waals surface area contributed by atoms with E-state index in [9.17, 15) is 0 Å². The van der Waals surface area contributed by atoms with Gasteiger partial charge in [0.2, 0.25) is 0 Å². The normalized spacial score (nSPS) is 14.5. The summed E-state index contributed by atoms with van der Waals surface area (Å²) in [7, 11) is 0. The summed E-state index contributed by atoms with van der Waals surface area (Å²) in [5.74, 6) is 0. The Morgan fingerprint density at radius 3 is 1.73 bits per heavy atom. The van der Waals surface area contributed by atoms with Gasteiger partial charge in [-0.05, 0) is 79.8 Å². The second kappa shape index (κ2) is 8.12. The van der Waals surface area contributed by atoms with E-state index in [4.69, 9.17) is 9.47 Å². The lowest BCUT2D eigenvalue weighted by molar-refractivity contribution is -0.132. The molecule has 0 saturated carbocycles. The molecule has 0 aliphatic carbocycles. The number of hydrogen-bond acceptors (Lipinski definition) is 3. The van der Waals surface area contributed by atoms with E-state index in [1.54, 1.807) is 0 Å². The number of ether oxygens (including phenoxy) is 2. The maximum absolute atomic E-state index is 6.09. The van der Waals surface area contributed by atoms with Crippen molar-refractivity contribution in [3.63, 3.8) is 0 Å². The Balaban J connectivity index is 4.02. The van der Waals surface area contributed by atoms with Crippen LogP contribution in [0.2, 0.25) is 0 Å². The summed E-state index contributed by atoms with van der Waals surface area (Å²) < 4.78 is 12.2. The highest BCUT2D eigenvalue weighted by Crippen LogP contribution is 2.24. The molecule has 0 atom stereocenters. The van der Waals surface area contributed by atoms with Crippen LogP contribution in [0.25, 0.3) is 0 Å². The summed E-state index contributed by atoms with van der Waals surface area (Å²) in [6.07, 6.45) is 1.92. The molecule has 0 rings (SSSR count). The van der Waals surface area contributed by atoms with Gasteiger partial charge in [-0.15, -0.1) is 0 Å². The molecule has 134 valence electrons. The highest BCUT2D eigenvalue weighted by atomic mass is 16.5. The van der Waals surface area contributed by atoms with Crippen molar-refractivity contribution in [3.8, 4) is 0 Å². The van der Waals surface area contributed by atoms with Crippen LogP contribution in [0.3, 0.4) is 0 Å². The minimum absolute atomic E-state index is 0.0945. The predicted octanol–water partition coefficient (Wildman–Crippen LogP) is 4.79. The molecule has 0 aromatic heterocycles. The molecule has 0 aliphatic heterocycles. The summed E-state index contributed by atoms with van der Waals surface area (Å²) >= 11 is 0. The van der Waals surface area contributed by atoms with E-state index in [-0.39, 0.29) is 16.8 Å². The molecule has 0 aromatic rings. The monoisotopic (exact) mass is 315 g/mol. The van der Waals surface area contributed by atoms with Crippen molar-refractivity contribution in [1.82, 2.24) is 5.32 Å². The van der Waals surface area contributed by atoms with Crippen molar-refractivity contribution in [2.45, 2.75) is 98.9 Å². The maximum Gasteiger partial charge on any atom is 0.0655 e. The van der Waals surface area contributed by atoms with E-state index >= 15 is 0 Å². The summed E-state index contributed by atoms with van der Waals surface area (Å²) in [4.78, 5) is 0. The summed E-state index contributed by atoms with van der Waals surface area (Å²) in [5, 5.41) is 3.51. The van der Waals surface area contributed by atoms with Gasteiger partial charge >= 0.3 is 0 Å². The molecule has 0 heterocycles. The fraction of sp³-hybridized carbons (Fsp3) is 1.00. The standard InChI is InChI=1S/C19H41NO2/c1-16(2,3)15-20-13-11-18(7,8)21-14-12-19(9,10)22-17(4,5)6/h20H,11-15H2,1-10H3. The highest BCUT2D eigenvalue weighted by molar-refractivity contribution is 4.76. The second-order valence-corrected chi connectivity index (χ2v) is 9.82. The van der Waals surface area contributed by atoms with E-state index in [1.165, 1.54) is 0 Å². The molecule has 0 aromatic carbocycles. The van der Waals surface area contributed by atoms with Crippen LogP contribution < -0.4 is 5.32 Å². The first kappa shape index (κ1) is 21.9. The smallest absolute Gasteiger partial charge is 0.0655 e. The summed E-state index contributed by atoms with van der Waals surface area (Å²) in [6.45, 7) is 24.4. The molecule has 3 nitrogen and oxygen atoms in total. The molecule has 22 heavy (non-hydrogen) atoms. The lowest BCUT2D eigenvalue weighted by Crippen LogP contribution is -2.38. The molecule has 0 spiro atoms. The highest BCUT2D eigenvalue weighted by Gasteiger charge is 2.27. The van der Waals surface area contributed by atoms with E-state index in [0.29, 0.717) is 5.41 Å². The molecular formula is C19H41NO2. The van der Waals surface area contributed by atoms with Crippen LogP contribution in [-0.2, 0) is 9.47 Å². The zero-order valence-corrected chi connectivity index (χ0v) is 16.9. The summed E-state index contributed by atoms with van der Waals surface area (Å²) in [5.41, 5.74) is -0.0310. The van der Waals surface area contributed by atoms with Crippen molar-refractivity contribution >= 4 is 0 Å². The lowest BCUT2D eigenvalue weighted by atomic mass is 9.96. The van der Waals surface area contributed by atoms with Gasteiger partial charge in [-0.25, -0.2) is 0 Å². The van der Waals surface area contributed by atoms with E-state index < -0.39 is 0 Å². The van der Waals surface area contributed by atoms with Crippen LogP contribution in [0.15, 0.2) is 0 Å². The van der Waals surface area contributed by atoms with Crippen molar-refractivity contribution in [1.29, 1.82) is 0 Å². The van der Waals surface area contributed by atoms with Crippen molar-refractivity contribution in [2.75, 3.05) is 19.7 Å². The number of hydrogen-bond donors (Lipinski definition) is 1. The first-order valence-electron chi connectivity index (χ1n) is 8.67. The van der Waals surface area contributed by atoms with E-state index in [0.717, 1.165) is 32.5 Å². The van der Waals surface area contributed by atoms with Crippen molar-refractivity contribution in [3.05, 3.63) is 0 Å². The van der Waals surface area contributed by atoms with Gasteiger partial charge in [0.15, 0.2) is 0 Å². The van der Waals surface area contributed by atoms with Gasteiger partial charge in [-0.3, -0.25) is 0 Å². The Morgan fingerprint density at radius 2 is 1.27 bits per heavy atom. The Hall–Kier alpha value is -0.120. The first-order chi connectivity index (χ1) is 9.62. The largest absolute Gasteiger partial charge is 0.375 e. The molecule has 1 N–H and O–H groups in total. The van der Waals surface area contributed by atoms with Gasteiger partial charge in [0.05, 0.1) is 23.4 Å². The molecule has 0 amide bonds. The van der Waals surface area contributed by atoms with E-state index in [2.05, 4.69) is 74.6 Å². The molecule has 0 unspecified atom stereocenters. The van der Waals surface area contributed by atoms with E-state index in [1.807, 2.05) is 0 Å². The Morgan fingerprint density at radius 1 is 0.727 bits per heavy atom. The van der Waals surface area contributed by atoms with Crippen LogP contribution >= 0.6 is 0 Å². The fourth-order valence-corrected chi connectivity index (χ4v) is 2.38. The minimum atomic E-state index is -0.154. The Labute approximate surface area is 139 Å². The fourth-order valence-electron chi connectivity index (χ4n) is 2.38. The third kappa shape index (κ3) is 13.5. The van der Waals surface area contributed by atoms with Gasteiger partial charge in [0.1, 0.15) is 0 Å². The third-order valence-electron chi connectivity index (χ3n) is 3.34. The molecule has 0 fully saturated rings. The molecule has 0 saturated heterocycles. The van der Waals surface area contributed by atoms with Crippen LogP contribution in [0.5, 0.6) is 0 Å². The van der Waals surface area contributed by atoms with Gasteiger partial charge < -0.3 is 14.8 Å². The molecule has 0 radical (unpaired) electrons.